The van der Waals surface area contributed by atoms with E-state index < -0.39 is 23.5 Å². The normalized spacial score (nSPS) is 13.8. The first-order valence-electron chi connectivity index (χ1n) is 11.6. The smallest absolute Gasteiger partial charge is 0.421 e. The first-order chi connectivity index (χ1) is 18.3. The van der Waals surface area contributed by atoms with Gasteiger partial charge in [-0.15, -0.1) is 11.3 Å². The topological polar surface area (TPSA) is 99.6 Å². The number of hydrogen-bond acceptors (Lipinski definition) is 8. The van der Waals surface area contributed by atoms with Gasteiger partial charge in [0.25, 0.3) is 0 Å². The number of nitrogens with zero attached hydrogens (tertiary/aromatic N) is 3. The maximum atomic E-state index is 13.8. The van der Waals surface area contributed by atoms with E-state index in [1.165, 1.54) is 6.07 Å². The van der Waals surface area contributed by atoms with E-state index >= 15 is 0 Å². The third kappa shape index (κ3) is 5.71. The molecule has 0 unspecified atom stereocenters. The average molecular weight is 542 g/mol. The Balaban J connectivity index is 1.43. The van der Waals surface area contributed by atoms with Crippen LogP contribution >= 0.6 is 11.3 Å². The van der Waals surface area contributed by atoms with Crippen molar-refractivity contribution in [3.63, 3.8) is 0 Å². The molecular weight excluding hydrogens is 519 g/mol. The van der Waals surface area contributed by atoms with Crippen molar-refractivity contribution in [3.8, 4) is 10.4 Å². The number of carboxylic acid groups (broad SMARTS) is 1. The third-order valence-corrected chi connectivity index (χ3v) is 6.95. The Morgan fingerprint density at radius 2 is 1.74 bits per heavy atom. The summed E-state index contributed by atoms with van der Waals surface area (Å²) in [5.41, 5.74) is 1.06. The summed E-state index contributed by atoms with van der Waals surface area (Å²) in [6.45, 7) is 2.85. The summed E-state index contributed by atoms with van der Waals surface area (Å²) >= 11 is 1.03. The van der Waals surface area contributed by atoms with Gasteiger partial charge in [0.1, 0.15) is 16.4 Å². The van der Waals surface area contributed by atoms with Gasteiger partial charge in [-0.2, -0.15) is 18.2 Å². The summed E-state index contributed by atoms with van der Waals surface area (Å²) in [4.78, 5) is 22.5. The number of alkyl halides is 3. The largest absolute Gasteiger partial charge is 0.478 e. The van der Waals surface area contributed by atoms with Crippen molar-refractivity contribution in [1.29, 1.82) is 0 Å². The quantitative estimate of drug-likeness (QED) is 0.253. The Morgan fingerprint density at radius 3 is 2.39 bits per heavy atom. The number of carbonyl (C=O) groups is 1. The number of aromatic carboxylic acids is 1. The number of hydrogen-bond donors (Lipinski definition) is 3. The zero-order valence-corrected chi connectivity index (χ0v) is 20.6. The van der Waals surface area contributed by atoms with E-state index in [-0.39, 0.29) is 16.5 Å². The molecule has 3 heterocycles. The number of rotatable bonds is 7. The predicted octanol–water partition coefficient (Wildman–Crippen LogP) is 6.25. The zero-order valence-electron chi connectivity index (χ0n) is 19.8. The second-order valence-electron chi connectivity index (χ2n) is 8.37. The van der Waals surface area contributed by atoms with Gasteiger partial charge in [0.2, 0.25) is 5.95 Å². The minimum atomic E-state index is -4.76. The van der Waals surface area contributed by atoms with E-state index in [1.807, 2.05) is 18.2 Å². The highest BCUT2D eigenvalue weighted by molar-refractivity contribution is 7.19. The SMILES string of the molecule is O=C(O)c1cc(-c2ccccc2)sc1Nc1nc(Nc2ccc(N3CCOCC3)cc2)ncc1C(F)(F)F. The van der Waals surface area contributed by atoms with Gasteiger partial charge in [-0.1, -0.05) is 30.3 Å². The van der Waals surface area contributed by atoms with E-state index in [0.717, 1.165) is 35.7 Å². The Bertz CT molecular complexity index is 1420. The number of thiophene rings is 1. The summed E-state index contributed by atoms with van der Waals surface area (Å²) in [7, 11) is 0. The van der Waals surface area contributed by atoms with Crippen molar-refractivity contribution in [2.45, 2.75) is 6.18 Å². The van der Waals surface area contributed by atoms with Gasteiger partial charge in [-0.05, 0) is 35.9 Å². The van der Waals surface area contributed by atoms with Crippen LogP contribution < -0.4 is 15.5 Å². The minimum absolute atomic E-state index is 0.0290. The molecule has 4 aromatic rings. The summed E-state index contributed by atoms with van der Waals surface area (Å²) in [6, 6.07) is 17.8. The van der Waals surface area contributed by atoms with Crippen LogP contribution in [-0.4, -0.2) is 47.3 Å². The number of nitrogens with one attached hydrogen (secondary N) is 2. The molecule has 38 heavy (non-hydrogen) atoms. The monoisotopic (exact) mass is 541 g/mol. The molecule has 1 saturated heterocycles. The Labute approximate surface area is 219 Å². The molecule has 0 amide bonds. The van der Waals surface area contributed by atoms with Crippen molar-refractivity contribution >= 4 is 45.4 Å². The van der Waals surface area contributed by atoms with E-state index in [9.17, 15) is 23.1 Å². The second kappa shape index (κ2) is 10.7. The maximum absolute atomic E-state index is 13.8. The Kier molecular flexibility index (Phi) is 7.16. The molecule has 0 radical (unpaired) electrons. The molecule has 0 aliphatic carbocycles. The van der Waals surface area contributed by atoms with Crippen molar-refractivity contribution in [2.75, 3.05) is 41.8 Å². The Hall–Kier alpha value is -4.16. The molecule has 1 fully saturated rings. The number of carboxylic acids is 1. The molecule has 5 rings (SSSR count). The van der Waals surface area contributed by atoms with Crippen LogP contribution in [0.1, 0.15) is 15.9 Å². The van der Waals surface area contributed by atoms with Crippen molar-refractivity contribution in [1.82, 2.24) is 9.97 Å². The van der Waals surface area contributed by atoms with Crippen LogP contribution in [0.5, 0.6) is 0 Å². The molecule has 0 atom stereocenters. The summed E-state index contributed by atoms with van der Waals surface area (Å²) in [5.74, 6) is -1.90. The molecule has 8 nitrogen and oxygen atoms in total. The van der Waals surface area contributed by atoms with Crippen LogP contribution in [0.2, 0.25) is 0 Å². The lowest BCUT2D eigenvalue weighted by molar-refractivity contribution is -0.137. The number of anilines is 5. The molecule has 0 saturated carbocycles. The highest BCUT2D eigenvalue weighted by Crippen LogP contribution is 2.40. The predicted molar refractivity (Wildman–Crippen MR) is 140 cm³/mol. The number of halogens is 3. The van der Waals surface area contributed by atoms with Crippen LogP contribution in [0, 0.1) is 0 Å². The molecule has 3 N–H and O–H groups in total. The molecule has 2 aromatic heterocycles. The van der Waals surface area contributed by atoms with Gasteiger partial charge in [-0.3, -0.25) is 0 Å². The zero-order chi connectivity index (χ0) is 26.7. The second-order valence-corrected chi connectivity index (χ2v) is 9.43. The van der Waals surface area contributed by atoms with Gasteiger partial charge in [0, 0.05) is 35.5 Å². The van der Waals surface area contributed by atoms with Gasteiger partial charge in [0.15, 0.2) is 0 Å². The summed E-state index contributed by atoms with van der Waals surface area (Å²) in [6.07, 6.45) is -4.09. The van der Waals surface area contributed by atoms with Crippen LogP contribution in [0.3, 0.4) is 0 Å². The molecule has 196 valence electrons. The van der Waals surface area contributed by atoms with Gasteiger partial charge >= 0.3 is 12.1 Å². The molecule has 1 aliphatic rings. The highest BCUT2D eigenvalue weighted by Gasteiger charge is 2.36. The summed E-state index contributed by atoms with van der Waals surface area (Å²) in [5, 5.41) is 15.2. The number of benzene rings is 2. The number of ether oxygens (including phenoxy) is 1. The van der Waals surface area contributed by atoms with Crippen molar-refractivity contribution in [2.24, 2.45) is 0 Å². The lowest BCUT2D eigenvalue weighted by atomic mass is 10.1. The fourth-order valence-corrected chi connectivity index (χ4v) is 5.00. The molecule has 1 aliphatic heterocycles. The lowest BCUT2D eigenvalue weighted by Gasteiger charge is -2.28. The average Bonchev–Trinajstić information content (AvgIpc) is 3.34. The van der Waals surface area contributed by atoms with Crippen molar-refractivity contribution < 1.29 is 27.8 Å². The number of aromatic nitrogens is 2. The van der Waals surface area contributed by atoms with E-state index in [4.69, 9.17) is 4.74 Å². The first kappa shape index (κ1) is 25.5. The molecule has 0 spiro atoms. The summed E-state index contributed by atoms with van der Waals surface area (Å²) < 4.78 is 46.7. The minimum Gasteiger partial charge on any atom is -0.478 e. The van der Waals surface area contributed by atoms with Crippen molar-refractivity contribution in [3.05, 3.63) is 78.0 Å². The molecular formula is C26H22F3N5O3S. The van der Waals surface area contributed by atoms with Crippen LogP contribution in [0.25, 0.3) is 10.4 Å². The molecule has 2 aromatic carbocycles. The van der Waals surface area contributed by atoms with E-state index in [1.54, 1.807) is 36.4 Å². The van der Waals surface area contributed by atoms with Crippen LogP contribution in [0.15, 0.2) is 66.9 Å². The molecule has 0 bridgehead atoms. The molecule has 12 heteroatoms. The van der Waals surface area contributed by atoms with Gasteiger partial charge < -0.3 is 25.4 Å². The lowest BCUT2D eigenvalue weighted by Crippen LogP contribution is -2.36. The van der Waals surface area contributed by atoms with Gasteiger partial charge in [0.05, 0.1) is 18.8 Å². The highest BCUT2D eigenvalue weighted by atomic mass is 32.1. The Morgan fingerprint density at radius 1 is 1.03 bits per heavy atom. The van der Waals surface area contributed by atoms with E-state index in [0.29, 0.717) is 30.0 Å². The third-order valence-electron chi connectivity index (χ3n) is 5.85. The van der Waals surface area contributed by atoms with E-state index in [2.05, 4.69) is 25.5 Å². The fourth-order valence-electron chi connectivity index (χ4n) is 3.95. The van der Waals surface area contributed by atoms with Crippen LogP contribution in [-0.2, 0) is 10.9 Å². The fraction of sp³-hybridized carbons (Fsp3) is 0.192. The van der Waals surface area contributed by atoms with Crippen LogP contribution in [0.4, 0.5) is 41.3 Å². The standard InChI is InChI=1S/C26H22F3N5O3S/c27-26(28,29)20-15-30-25(31-17-6-8-18(9-7-17)34-10-12-37-13-11-34)33-22(20)32-23-19(24(35)36)14-21(38-23)16-4-2-1-3-5-16/h1-9,14-15H,10-13H2,(H,35,36)(H2,30,31,32,33). The first-order valence-corrected chi connectivity index (χ1v) is 12.4. The maximum Gasteiger partial charge on any atom is 0.421 e. The van der Waals surface area contributed by atoms with Gasteiger partial charge in [-0.25, -0.2) is 9.78 Å². The number of morpholine rings is 1.